The number of nitrogens with one attached hydrogen (secondary N) is 1. The van der Waals surface area contributed by atoms with Gasteiger partial charge in [0.25, 0.3) is 0 Å². The highest BCUT2D eigenvalue weighted by Gasteiger charge is 2.46. The van der Waals surface area contributed by atoms with Crippen molar-refractivity contribution >= 4 is 12.4 Å². The molecule has 1 aliphatic heterocycles. The molecule has 5 N–H and O–H groups in total. The van der Waals surface area contributed by atoms with Crippen LogP contribution in [0.25, 0.3) is 0 Å². The van der Waals surface area contributed by atoms with Gasteiger partial charge in [-0.2, -0.15) is 0 Å². The zero-order valence-corrected chi connectivity index (χ0v) is 8.87. The summed E-state index contributed by atoms with van der Waals surface area (Å²) < 4.78 is 0. The van der Waals surface area contributed by atoms with E-state index in [1.165, 1.54) is 0 Å². The normalized spacial score (nSPS) is 43.1. The Morgan fingerprint density at radius 3 is 2.36 bits per heavy atom. The lowest BCUT2D eigenvalue weighted by Gasteiger charge is -2.45. The summed E-state index contributed by atoms with van der Waals surface area (Å²) in [5.74, 6) is 0. The van der Waals surface area contributed by atoms with Crippen LogP contribution in [0.3, 0.4) is 0 Å². The maximum atomic E-state index is 9.63. The Morgan fingerprint density at radius 1 is 1.36 bits per heavy atom. The fourth-order valence-corrected chi connectivity index (χ4v) is 1.67. The molecule has 0 saturated carbocycles. The van der Waals surface area contributed by atoms with Crippen LogP contribution in [0.5, 0.6) is 0 Å². The van der Waals surface area contributed by atoms with Gasteiger partial charge in [-0.1, -0.05) is 6.92 Å². The third kappa shape index (κ3) is 2.18. The monoisotopic (exact) mass is 227 g/mol. The molecular formula is C8H18ClNO4. The van der Waals surface area contributed by atoms with E-state index in [0.717, 1.165) is 0 Å². The minimum absolute atomic E-state index is 0. The topological polar surface area (TPSA) is 93.0 Å². The molecule has 0 spiro atoms. The molecule has 0 aromatic heterocycles. The number of hydrogen-bond acceptors (Lipinski definition) is 5. The highest BCUT2D eigenvalue weighted by Crippen LogP contribution is 2.23. The van der Waals surface area contributed by atoms with Crippen LogP contribution in [-0.4, -0.2) is 57.4 Å². The molecule has 0 amide bonds. The van der Waals surface area contributed by atoms with Gasteiger partial charge in [0, 0.05) is 6.54 Å². The van der Waals surface area contributed by atoms with Gasteiger partial charge in [-0.15, -0.1) is 12.4 Å². The average molecular weight is 228 g/mol. The molecule has 0 aromatic carbocycles. The summed E-state index contributed by atoms with van der Waals surface area (Å²) in [6.45, 7) is 1.73. The van der Waals surface area contributed by atoms with Gasteiger partial charge >= 0.3 is 0 Å². The third-order valence-corrected chi connectivity index (χ3v) is 2.86. The fourth-order valence-electron chi connectivity index (χ4n) is 1.67. The van der Waals surface area contributed by atoms with Gasteiger partial charge < -0.3 is 25.7 Å². The van der Waals surface area contributed by atoms with Crippen molar-refractivity contribution in [2.24, 2.45) is 0 Å². The van der Waals surface area contributed by atoms with Crippen LogP contribution < -0.4 is 5.32 Å². The van der Waals surface area contributed by atoms with Gasteiger partial charge in [0.2, 0.25) is 0 Å². The van der Waals surface area contributed by atoms with Crippen LogP contribution in [0.4, 0.5) is 0 Å². The number of aliphatic hydroxyl groups is 4. The van der Waals surface area contributed by atoms with E-state index in [-0.39, 0.29) is 25.6 Å². The lowest BCUT2D eigenvalue weighted by molar-refractivity contribution is -0.134. The largest absolute Gasteiger partial charge is 0.394 e. The van der Waals surface area contributed by atoms with E-state index < -0.39 is 23.9 Å². The summed E-state index contributed by atoms with van der Waals surface area (Å²) in [7, 11) is 0. The van der Waals surface area contributed by atoms with Gasteiger partial charge in [0.05, 0.1) is 18.2 Å². The Kier molecular flexibility index (Phi) is 5.28. The fraction of sp³-hybridized carbons (Fsp3) is 1.00. The molecule has 0 bridgehead atoms. The van der Waals surface area contributed by atoms with Gasteiger partial charge in [-0.25, -0.2) is 0 Å². The number of β-amino-alcohol motifs (C(OH)–C–C–N with tert-alkyl or cyclic N) is 1. The molecule has 5 nitrogen and oxygen atoms in total. The minimum Gasteiger partial charge on any atom is -0.394 e. The molecule has 1 heterocycles. The second-order valence-electron chi connectivity index (χ2n) is 3.55. The molecule has 1 rings (SSSR count). The highest BCUT2D eigenvalue weighted by atomic mass is 35.5. The average Bonchev–Trinajstić information content (AvgIpc) is 2.16. The number of aliphatic hydroxyl groups excluding tert-OH is 4. The van der Waals surface area contributed by atoms with Crippen molar-refractivity contribution in [3.8, 4) is 0 Å². The lowest BCUT2D eigenvalue weighted by atomic mass is 9.81. The van der Waals surface area contributed by atoms with E-state index in [1.54, 1.807) is 6.92 Å². The maximum Gasteiger partial charge on any atom is 0.109 e. The van der Waals surface area contributed by atoms with E-state index in [2.05, 4.69) is 5.32 Å². The van der Waals surface area contributed by atoms with E-state index in [9.17, 15) is 15.3 Å². The SMILES string of the molecule is CC[C@]1(CO)NC[C@H](O)[C@@H](O)[C@@H]1O.Cl. The molecule has 0 unspecified atom stereocenters. The Labute approximate surface area is 89.2 Å². The zero-order chi connectivity index (χ0) is 10.1. The van der Waals surface area contributed by atoms with Crippen LogP contribution in [0.2, 0.25) is 0 Å². The van der Waals surface area contributed by atoms with Crippen molar-refractivity contribution in [1.29, 1.82) is 0 Å². The smallest absolute Gasteiger partial charge is 0.109 e. The Morgan fingerprint density at radius 2 is 1.93 bits per heavy atom. The quantitative estimate of drug-likeness (QED) is 0.385. The van der Waals surface area contributed by atoms with Crippen molar-refractivity contribution in [3.63, 3.8) is 0 Å². The maximum absolute atomic E-state index is 9.63. The van der Waals surface area contributed by atoms with Crippen LogP contribution in [-0.2, 0) is 0 Å². The van der Waals surface area contributed by atoms with Crippen molar-refractivity contribution in [2.75, 3.05) is 13.2 Å². The summed E-state index contributed by atoms with van der Waals surface area (Å²) in [5.41, 5.74) is -0.876. The molecule has 1 aliphatic rings. The summed E-state index contributed by atoms with van der Waals surface area (Å²) >= 11 is 0. The summed E-state index contributed by atoms with van der Waals surface area (Å²) in [6, 6.07) is 0. The summed E-state index contributed by atoms with van der Waals surface area (Å²) in [4.78, 5) is 0. The van der Waals surface area contributed by atoms with Crippen LogP contribution in [0.1, 0.15) is 13.3 Å². The molecule has 14 heavy (non-hydrogen) atoms. The summed E-state index contributed by atoms with van der Waals surface area (Å²) in [6.07, 6.45) is -2.80. The number of rotatable bonds is 2. The van der Waals surface area contributed by atoms with Gasteiger partial charge in [-0.3, -0.25) is 0 Å². The van der Waals surface area contributed by atoms with Gasteiger partial charge in [0.15, 0.2) is 0 Å². The molecule has 4 atom stereocenters. The van der Waals surface area contributed by atoms with Gasteiger partial charge in [0.1, 0.15) is 12.2 Å². The lowest BCUT2D eigenvalue weighted by Crippen LogP contribution is -2.69. The van der Waals surface area contributed by atoms with E-state index in [4.69, 9.17) is 5.11 Å². The van der Waals surface area contributed by atoms with Crippen LogP contribution in [0.15, 0.2) is 0 Å². The summed E-state index contributed by atoms with van der Waals surface area (Å²) in [5, 5.41) is 40.2. The Bertz CT molecular complexity index is 177. The Hall–Kier alpha value is 0.0900. The first-order valence-electron chi connectivity index (χ1n) is 4.47. The second kappa shape index (κ2) is 5.25. The van der Waals surface area contributed by atoms with E-state index in [1.807, 2.05) is 0 Å². The molecule has 0 aliphatic carbocycles. The molecule has 0 aromatic rings. The van der Waals surface area contributed by atoms with Crippen LogP contribution >= 0.6 is 12.4 Å². The van der Waals surface area contributed by atoms with E-state index >= 15 is 0 Å². The predicted molar refractivity (Wildman–Crippen MR) is 53.4 cm³/mol. The minimum atomic E-state index is -1.19. The third-order valence-electron chi connectivity index (χ3n) is 2.86. The molecule has 0 radical (unpaired) electrons. The number of hydrogen-bond donors (Lipinski definition) is 5. The van der Waals surface area contributed by atoms with Crippen molar-refractivity contribution in [1.82, 2.24) is 5.32 Å². The number of piperidine rings is 1. The zero-order valence-electron chi connectivity index (χ0n) is 8.05. The molecule has 6 heteroatoms. The van der Waals surface area contributed by atoms with Crippen LogP contribution in [0, 0.1) is 0 Å². The van der Waals surface area contributed by atoms with Gasteiger partial charge in [-0.05, 0) is 6.42 Å². The van der Waals surface area contributed by atoms with Crippen molar-refractivity contribution < 1.29 is 20.4 Å². The molecule has 1 saturated heterocycles. The number of halogens is 1. The van der Waals surface area contributed by atoms with Crippen molar-refractivity contribution in [2.45, 2.75) is 37.2 Å². The first-order chi connectivity index (χ1) is 6.07. The van der Waals surface area contributed by atoms with Crippen molar-refractivity contribution in [3.05, 3.63) is 0 Å². The molecule has 86 valence electrons. The standard InChI is InChI=1S/C8H17NO4.ClH/c1-2-8(4-10)7(13)6(12)5(11)3-9-8;/h5-7,9-13H,2-4H2,1H3;1H/t5-,6+,7-,8+;/m0./s1. The molecule has 1 fully saturated rings. The van der Waals surface area contributed by atoms with E-state index in [0.29, 0.717) is 6.42 Å². The molecular weight excluding hydrogens is 210 g/mol. The predicted octanol–water partition coefficient (Wildman–Crippen LogP) is -1.76. The second-order valence-corrected chi connectivity index (χ2v) is 3.55. The Balaban J connectivity index is 0.00000169. The first-order valence-corrected chi connectivity index (χ1v) is 4.47. The first kappa shape index (κ1) is 14.1. The highest BCUT2D eigenvalue weighted by molar-refractivity contribution is 5.85.